The molecule has 152 valence electrons. The van der Waals surface area contributed by atoms with Crippen LogP contribution in [0.3, 0.4) is 0 Å². The maximum atomic E-state index is 13.9. The molecule has 1 aliphatic rings. The molecule has 2 heterocycles. The summed E-state index contributed by atoms with van der Waals surface area (Å²) in [4.78, 5) is 2.46. The Bertz CT molecular complexity index is 701. The van der Waals surface area contributed by atoms with E-state index in [1.807, 2.05) is 20.9 Å². The second-order valence-corrected chi connectivity index (χ2v) is 7.34. The minimum absolute atomic E-state index is 0.263. The molecule has 0 atom stereocenters. The first-order valence-electron chi connectivity index (χ1n) is 9.97. The van der Waals surface area contributed by atoms with E-state index < -0.39 is 0 Å². The van der Waals surface area contributed by atoms with E-state index in [9.17, 15) is 4.39 Å². The molecule has 2 aromatic rings. The number of rotatable bonds is 8. The highest BCUT2D eigenvalue weighted by molar-refractivity contribution is 9.10. The Labute approximate surface area is 170 Å². The summed E-state index contributed by atoms with van der Waals surface area (Å²) in [5.41, 5.74) is 1.53. The number of halogens is 2. The second kappa shape index (κ2) is 11.7. The van der Waals surface area contributed by atoms with Crippen molar-refractivity contribution < 1.29 is 9.13 Å². The highest BCUT2D eigenvalue weighted by Crippen LogP contribution is 2.29. The Morgan fingerprint density at radius 2 is 1.89 bits per heavy atom. The number of hydrogen-bond acceptors (Lipinski definition) is 4. The molecule has 27 heavy (non-hydrogen) atoms. The Morgan fingerprint density at radius 1 is 1.19 bits per heavy atom. The zero-order valence-corrected chi connectivity index (χ0v) is 18.3. The van der Waals surface area contributed by atoms with E-state index in [-0.39, 0.29) is 5.82 Å². The molecular formula is C20H32BrFN4O. The standard InChI is InChI=1S/C18H26BrFN4O.C2H6/c1-23-16(17-14(19)5-6-15(20)18(17)22-23)4-2-7-21-8-3-9-24-10-12-25-13-11-24;1-2/h5-6,21H,2-4,7-13H2,1H3;1-2H3. The van der Waals surface area contributed by atoms with Crippen molar-refractivity contribution in [2.24, 2.45) is 7.05 Å². The van der Waals surface area contributed by atoms with Gasteiger partial charge in [0.1, 0.15) is 5.52 Å². The van der Waals surface area contributed by atoms with Crippen LogP contribution in [0, 0.1) is 5.82 Å². The van der Waals surface area contributed by atoms with Crippen molar-refractivity contribution in [3.63, 3.8) is 0 Å². The highest BCUT2D eigenvalue weighted by Gasteiger charge is 2.15. The van der Waals surface area contributed by atoms with E-state index in [0.29, 0.717) is 5.52 Å². The molecule has 1 aromatic heterocycles. The Morgan fingerprint density at radius 3 is 2.63 bits per heavy atom. The SMILES string of the molecule is CC.Cn1nc2c(F)ccc(Br)c2c1CCCNCCCN1CCOCC1. The molecule has 0 aliphatic carbocycles. The van der Waals surface area contributed by atoms with Gasteiger partial charge in [0.15, 0.2) is 5.82 Å². The number of nitrogens with zero attached hydrogens (tertiary/aromatic N) is 3. The number of aromatic nitrogens is 2. The van der Waals surface area contributed by atoms with Crippen molar-refractivity contribution in [1.29, 1.82) is 0 Å². The second-order valence-electron chi connectivity index (χ2n) is 6.48. The number of nitrogens with one attached hydrogen (secondary N) is 1. The third-order valence-corrected chi connectivity index (χ3v) is 5.37. The molecule has 1 N–H and O–H groups in total. The quantitative estimate of drug-likeness (QED) is 0.632. The smallest absolute Gasteiger partial charge is 0.151 e. The fourth-order valence-corrected chi connectivity index (χ4v) is 3.88. The minimum Gasteiger partial charge on any atom is -0.379 e. The van der Waals surface area contributed by atoms with Gasteiger partial charge in [0.25, 0.3) is 0 Å². The lowest BCUT2D eigenvalue weighted by Crippen LogP contribution is -2.37. The fraction of sp³-hybridized carbons (Fsp3) is 0.650. The monoisotopic (exact) mass is 442 g/mol. The predicted octanol–water partition coefficient (Wildman–Crippen LogP) is 3.75. The zero-order valence-electron chi connectivity index (χ0n) is 16.7. The van der Waals surface area contributed by atoms with Crippen molar-refractivity contribution in [2.75, 3.05) is 45.9 Å². The first kappa shape index (κ1) is 22.3. The van der Waals surface area contributed by atoms with Crippen LogP contribution in [0.5, 0.6) is 0 Å². The summed E-state index contributed by atoms with van der Waals surface area (Å²) >= 11 is 3.53. The lowest BCUT2D eigenvalue weighted by atomic mass is 10.1. The number of aryl methyl sites for hydroxylation is 2. The Kier molecular flexibility index (Phi) is 9.68. The summed E-state index contributed by atoms with van der Waals surface area (Å²) in [7, 11) is 1.89. The molecule has 0 unspecified atom stereocenters. The maximum Gasteiger partial charge on any atom is 0.151 e. The normalized spacial score (nSPS) is 15.0. The first-order chi connectivity index (χ1) is 13.2. The molecular weight excluding hydrogens is 411 g/mol. The Hall–Kier alpha value is -1.02. The number of ether oxygens (including phenoxy) is 1. The van der Waals surface area contributed by atoms with Gasteiger partial charge in [-0.05, 0) is 51.0 Å². The van der Waals surface area contributed by atoms with Crippen molar-refractivity contribution >= 4 is 26.8 Å². The summed E-state index contributed by atoms with van der Waals surface area (Å²) in [6.45, 7) is 11.0. The summed E-state index contributed by atoms with van der Waals surface area (Å²) in [5.74, 6) is -0.263. The average molecular weight is 443 g/mol. The third kappa shape index (κ3) is 6.24. The van der Waals surface area contributed by atoms with Gasteiger partial charge in [0, 0.05) is 35.7 Å². The summed E-state index contributed by atoms with van der Waals surface area (Å²) in [6, 6.07) is 3.21. The molecule has 0 radical (unpaired) electrons. The first-order valence-corrected chi connectivity index (χ1v) is 10.8. The predicted molar refractivity (Wildman–Crippen MR) is 113 cm³/mol. The van der Waals surface area contributed by atoms with E-state index in [2.05, 4.69) is 31.2 Å². The van der Waals surface area contributed by atoms with E-state index in [4.69, 9.17) is 4.74 Å². The highest BCUT2D eigenvalue weighted by atomic mass is 79.9. The molecule has 5 nitrogen and oxygen atoms in total. The van der Waals surface area contributed by atoms with Crippen LogP contribution >= 0.6 is 15.9 Å². The van der Waals surface area contributed by atoms with Crippen LogP contribution < -0.4 is 5.32 Å². The van der Waals surface area contributed by atoms with Gasteiger partial charge in [-0.3, -0.25) is 9.58 Å². The molecule has 0 spiro atoms. The minimum atomic E-state index is -0.263. The Balaban J connectivity index is 0.00000126. The molecule has 1 saturated heterocycles. The van der Waals surface area contributed by atoms with Crippen molar-refractivity contribution in [2.45, 2.75) is 33.1 Å². The van der Waals surface area contributed by atoms with E-state index in [1.54, 1.807) is 10.7 Å². The number of hydrogen-bond donors (Lipinski definition) is 1. The molecule has 0 amide bonds. The van der Waals surface area contributed by atoms with E-state index >= 15 is 0 Å². The van der Waals surface area contributed by atoms with Gasteiger partial charge in [-0.25, -0.2) is 4.39 Å². The number of fused-ring (bicyclic) bond motifs is 1. The molecule has 0 bridgehead atoms. The molecule has 1 aliphatic heterocycles. The van der Waals surface area contributed by atoms with Crippen LogP contribution in [0.15, 0.2) is 16.6 Å². The summed E-state index contributed by atoms with van der Waals surface area (Å²) in [5, 5.41) is 8.73. The summed E-state index contributed by atoms with van der Waals surface area (Å²) in [6.07, 6.45) is 3.05. The largest absolute Gasteiger partial charge is 0.379 e. The molecule has 1 aromatic carbocycles. The van der Waals surface area contributed by atoms with Crippen LogP contribution in [0.2, 0.25) is 0 Å². The van der Waals surface area contributed by atoms with Crippen LogP contribution in [0.1, 0.15) is 32.4 Å². The van der Waals surface area contributed by atoms with Crippen LogP contribution in [-0.4, -0.2) is 60.6 Å². The van der Waals surface area contributed by atoms with Gasteiger partial charge < -0.3 is 10.1 Å². The van der Waals surface area contributed by atoms with Crippen LogP contribution in [0.25, 0.3) is 10.9 Å². The van der Waals surface area contributed by atoms with Gasteiger partial charge in [-0.2, -0.15) is 5.10 Å². The third-order valence-electron chi connectivity index (χ3n) is 4.71. The van der Waals surface area contributed by atoms with E-state index in [0.717, 1.165) is 80.8 Å². The van der Waals surface area contributed by atoms with Gasteiger partial charge in [0.2, 0.25) is 0 Å². The topological polar surface area (TPSA) is 42.3 Å². The number of morpholine rings is 1. The van der Waals surface area contributed by atoms with Crippen molar-refractivity contribution in [3.8, 4) is 0 Å². The van der Waals surface area contributed by atoms with Gasteiger partial charge >= 0.3 is 0 Å². The summed E-state index contributed by atoms with van der Waals surface area (Å²) < 4.78 is 22.0. The van der Waals surface area contributed by atoms with Crippen molar-refractivity contribution in [3.05, 3.63) is 28.1 Å². The average Bonchev–Trinajstić information content (AvgIpc) is 3.04. The number of benzene rings is 1. The van der Waals surface area contributed by atoms with Crippen molar-refractivity contribution in [1.82, 2.24) is 20.0 Å². The molecule has 7 heteroatoms. The fourth-order valence-electron chi connectivity index (χ4n) is 3.33. The van der Waals surface area contributed by atoms with E-state index in [1.165, 1.54) is 6.07 Å². The maximum absolute atomic E-state index is 13.9. The van der Waals surface area contributed by atoms with Gasteiger partial charge in [0.05, 0.1) is 13.2 Å². The lowest BCUT2D eigenvalue weighted by molar-refractivity contribution is 0.0374. The molecule has 0 saturated carbocycles. The van der Waals surface area contributed by atoms with Gasteiger partial charge in [-0.15, -0.1) is 0 Å². The molecule has 1 fully saturated rings. The molecule has 3 rings (SSSR count). The van der Waals surface area contributed by atoms with Crippen LogP contribution in [-0.2, 0) is 18.2 Å². The van der Waals surface area contributed by atoms with Crippen LogP contribution in [0.4, 0.5) is 4.39 Å². The lowest BCUT2D eigenvalue weighted by Gasteiger charge is -2.26. The zero-order chi connectivity index (χ0) is 19.6. The van der Waals surface area contributed by atoms with Gasteiger partial charge in [-0.1, -0.05) is 29.8 Å².